The molecule has 1 unspecified atom stereocenters. The zero-order chi connectivity index (χ0) is 12.1. The molecule has 0 aliphatic carbocycles. The molecule has 0 saturated carbocycles. The SMILES string of the molecule is CCc1c(OC)cc(OC)cc1C(O)CN. The Morgan fingerprint density at radius 2 is 2.00 bits per heavy atom. The molecule has 0 fully saturated rings. The molecule has 3 N–H and O–H groups in total. The first-order chi connectivity index (χ1) is 7.67. The topological polar surface area (TPSA) is 64.7 Å². The molecule has 1 aromatic carbocycles. The van der Waals surface area contributed by atoms with Crippen molar-refractivity contribution in [1.29, 1.82) is 0 Å². The number of rotatable bonds is 5. The van der Waals surface area contributed by atoms with E-state index in [4.69, 9.17) is 15.2 Å². The lowest BCUT2D eigenvalue weighted by Gasteiger charge is -2.17. The van der Waals surface area contributed by atoms with Gasteiger partial charge in [0.15, 0.2) is 0 Å². The Hall–Kier alpha value is -1.26. The summed E-state index contributed by atoms with van der Waals surface area (Å²) in [5.41, 5.74) is 7.23. The first-order valence-corrected chi connectivity index (χ1v) is 5.30. The summed E-state index contributed by atoms with van der Waals surface area (Å²) in [7, 11) is 3.19. The molecule has 0 amide bonds. The normalized spacial score (nSPS) is 12.3. The fourth-order valence-electron chi connectivity index (χ4n) is 1.74. The maximum absolute atomic E-state index is 9.85. The minimum absolute atomic E-state index is 0.184. The van der Waals surface area contributed by atoms with Crippen molar-refractivity contribution in [3.8, 4) is 11.5 Å². The molecule has 1 atom stereocenters. The second kappa shape index (κ2) is 5.72. The highest BCUT2D eigenvalue weighted by Gasteiger charge is 2.16. The monoisotopic (exact) mass is 225 g/mol. The van der Waals surface area contributed by atoms with E-state index < -0.39 is 6.10 Å². The number of benzene rings is 1. The van der Waals surface area contributed by atoms with Crippen LogP contribution < -0.4 is 15.2 Å². The predicted molar refractivity (Wildman–Crippen MR) is 62.9 cm³/mol. The quantitative estimate of drug-likeness (QED) is 0.791. The summed E-state index contributed by atoms with van der Waals surface area (Å²) in [6.45, 7) is 2.19. The molecule has 1 aromatic rings. The zero-order valence-corrected chi connectivity index (χ0v) is 9.99. The Kier molecular flexibility index (Phi) is 4.58. The number of ether oxygens (including phenoxy) is 2. The van der Waals surface area contributed by atoms with Gasteiger partial charge in [0.05, 0.1) is 20.3 Å². The third-order valence-corrected chi connectivity index (χ3v) is 2.61. The average Bonchev–Trinajstić information content (AvgIpc) is 2.35. The Morgan fingerprint density at radius 3 is 2.44 bits per heavy atom. The molecule has 90 valence electrons. The highest BCUT2D eigenvalue weighted by molar-refractivity contribution is 5.47. The van der Waals surface area contributed by atoms with Crippen LogP contribution >= 0.6 is 0 Å². The number of nitrogens with two attached hydrogens (primary N) is 1. The summed E-state index contributed by atoms with van der Waals surface area (Å²) in [5, 5.41) is 9.85. The van der Waals surface area contributed by atoms with Crippen LogP contribution in [0, 0.1) is 0 Å². The van der Waals surface area contributed by atoms with E-state index in [9.17, 15) is 5.11 Å². The molecule has 0 aliphatic rings. The third-order valence-electron chi connectivity index (χ3n) is 2.61. The molecule has 1 rings (SSSR count). The standard InChI is InChI=1S/C12H19NO3/c1-4-9-10(11(14)7-13)5-8(15-2)6-12(9)16-3/h5-6,11,14H,4,7,13H2,1-3H3. The average molecular weight is 225 g/mol. The highest BCUT2D eigenvalue weighted by Crippen LogP contribution is 2.32. The van der Waals surface area contributed by atoms with Crippen LogP contribution in [0.25, 0.3) is 0 Å². The van der Waals surface area contributed by atoms with Gasteiger partial charge in [0, 0.05) is 12.6 Å². The largest absolute Gasteiger partial charge is 0.497 e. The van der Waals surface area contributed by atoms with Crippen LogP contribution in [0.5, 0.6) is 11.5 Å². The molecule has 0 aliphatic heterocycles. The lowest BCUT2D eigenvalue weighted by molar-refractivity contribution is 0.184. The van der Waals surface area contributed by atoms with Crippen molar-refractivity contribution in [2.24, 2.45) is 5.73 Å². The van der Waals surface area contributed by atoms with Crippen LogP contribution in [-0.4, -0.2) is 25.9 Å². The van der Waals surface area contributed by atoms with E-state index >= 15 is 0 Å². The maximum Gasteiger partial charge on any atom is 0.126 e. The molecular formula is C12H19NO3. The van der Waals surface area contributed by atoms with Crippen molar-refractivity contribution in [3.05, 3.63) is 23.3 Å². The Morgan fingerprint density at radius 1 is 1.31 bits per heavy atom. The van der Waals surface area contributed by atoms with Gasteiger partial charge in [0.1, 0.15) is 11.5 Å². The van der Waals surface area contributed by atoms with Crippen molar-refractivity contribution < 1.29 is 14.6 Å². The number of methoxy groups -OCH3 is 2. The van der Waals surface area contributed by atoms with E-state index in [1.807, 2.05) is 13.0 Å². The van der Waals surface area contributed by atoms with Gasteiger partial charge in [-0.25, -0.2) is 0 Å². The molecular weight excluding hydrogens is 206 g/mol. The number of aliphatic hydroxyl groups is 1. The van der Waals surface area contributed by atoms with Crippen molar-refractivity contribution in [3.63, 3.8) is 0 Å². The molecule has 4 nitrogen and oxygen atoms in total. The van der Waals surface area contributed by atoms with Crippen LogP contribution in [-0.2, 0) is 6.42 Å². The first kappa shape index (κ1) is 12.8. The van der Waals surface area contributed by atoms with Crippen LogP contribution in [0.2, 0.25) is 0 Å². The van der Waals surface area contributed by atoms with Crippen molar-refractivity contribution >= 4 is 0 Å². The second-order valence-corrected chi connectivity index (χ2v) is 3.50. The fourth-order valence-corrected chi connectivity index (χ4v) is 1.74. The maximum atomic E-state index is 9.85. The van der Waals surface area contributed by atoms with Crippen LogP contribution in [0.4, 0.5) is 0 Å². The van der Waals surface area contributed by atoms with Crippen LogP contribution in [0.3, 0.4) is 0 Å². The molecule has 4 heteroatoms. The highest BCUT2D eigenvalue weighted by atomic mass is 16.5. The number of aliphatic hydroxyl groups excluding tert-OH is 1. The lowest BCUT2D eigenvalue weighted by Crippen LogP contribution is -2.14. The Bertz CT molecular complexity index is 352. The minimum Gasteiger partial charge on any atom is -0.497 e. The molecule has 0 saturated heterocycles. The molecule has 0 bridgehead atoms. The summed E-state index contributed by atoms with van der Waals surface area (Å²) in [4.78, 5) is 0. The van der Waals surface area contributed by atoms with Gasteiger partial charge in [-0.15, -0.1) is 0 Å². The summed E-state index contributed by atoms with van der Waals surface area (Å²) < 4.78 is 10.4. The number of hydrogen-bond donors (Lipinski definition) is 2. The van der Waals surface area contributed by atoms with E-state index in [2.05, 4.69) is 0 Å². The third kappa shape index (κ3) is 2.46. The minimum atomic E-state index is -0.682. The van der Waals surface area contributed by atoms with E-state index in [0.717, 1.165) is 23.3 Å². The fraction of sp³-hybridized carbons (Fsp3) is 0.500. The first-order valence-electron chi connectivity index (χ1n) is 5.30. The van der Waals surface area contributed by atoms with Gasteiger partial charge in [-0.3, -0.25) is 0 Å². The molecule has 0 spiro atoms. The number of hydrogen-bond acceptors (Lipinski definition) is 4. The van der Waals surface area contributed by atoms with Gasteiger partial charge in [0.2, 0.25) is 0 Å². The summed E-state index contributed by atoms with van der Waals surface area (Å²) in [6.07, 6.45) is 0.0958. The van der Waals surface area contributed by atoms with Crippen LogP contribution in [0.1, 0.15) is 24.2 Å². The van der Waals surface area contributed by atoms with Crippen LogP contribution in [0.15, 0.2) is 12.1 Å². The van der Waals surface area contributed by atoms with Gasteiger partial charge < -0.3 is 20.3 Å². The van der Waals surface area contributed by atoms with Gasteiger partial charge in [0.25, 0.3) is 0 Å². The van der Waals surface area contributed by atoms with E-state index in [1.54, 1.807) is 20.3 Å². The molecule has 0 aromatic heterocycles. The van der Waals surface area contributed by atoms with Gasteiger partial charge in [-0.1, -0.05) is 6.92 Å². The Balaban J connectivity index is 3.30. The van der Waals surface area contributed by atoms with E-state index in [1.165, 1.54) is 0 Å². The van der Waals surface area contributed by atoms with Crippen molar-refractivity contribution in [2.75, 3.05) is 20.8 Å². The summed E-state index contributed by atoms with van der Waals surface area (Å²) in [6, 6.07) is 3.62. The molecule has 0 radical (unpaired) electrons. The van der Waals surface area contributed by atoms with Crippen molar-refractivity contribution in [1.82, 2.24) is 0 Å². The summed E-state index contributed by atoms with van der Waals surface area (Å²) in [5.74, 6) is 1.39. The smallest absolute Gasteiger partial charge is 0.126 e. The lowest BCUT2D eigenvalue weighted by atomic mass is 9.99. The summed E-state index contributed by atoms with van der Waals surface area (Å²) >= 11 is 0. The second-order valence-electron chi connectivity index (χ2n) is 3.50. The molecule has 16 heavy (non-hydrogen) atoms. The van der Waals surface area contributed by atoms with Crippen molar-refractivity contribution in [2.45, 2.75) is 19.4 Å². The van der Waals surface area contributed by atoms with E-state index in [0.29, 0.717) is 5.75 Å². The molecule has 0 heterocycles. The van der Waals surface area contributed by atoms with Gasteiger partial charge in [-0.2, -0.15) is 0 Å². The predicted octanol–water partition coefficient (Wildman–Crippen LogP) is 1.26. The zero-order valence-electron chi connectivity index (χ0n) is 9.99. The van der Waals surface area contributed by atoms with Gasteiger partial charge in [-0.05, 0) is 23.6 Å². The van der Waals surface area contributed by atoms with E-state index in [-0.39, 0.29) is 6.54 Å². The van der Waals surface area contributed by atoms with Gasteiger partial charge >= 0.3 is 0 Å². The Labute approximate surface area is 96.0 Å².